The molecule has 76 valence electrons. The van der Waals surface area contributed by atoms with Crippen molar-refractivity contribution in [2.24, 2.45) is 0 Å². The van der Waals surface area contributed by atoms with Gasteiger partial charge in [-0.05, 0) is 24.6 Å². The number of benzene rings is 1. The first-order valence-corrected chi connectivity index (χ1v) is 4.76. The molecule has 1 heterocycles. The minimum atomic E-state index is 0.765. The molecule has 0 amide bonds. The van der Waals surface area contributed by atoms with Crippen LogP contribution in [0, 0.1) is 12.1 Å². The van der Waals surface area contributed by atoms with Crippen LogP contribution in [0.25, 0.3) is 0 Å². The van der Waals surface area contributed by atoms with Crippen LogP contribution in [0.15, 0.2) is 48.8 Å². The molecule has 3 heteroatoms. The van der Waals surface area contributed by atoms with Gasteiger partial charge in [0.25, 0.3) is 0 Å². The van der Waals surface area contributed by atoms with E-state index in [1.54, 1.807) is 12.1 Å². The maximum Gasteiger partial charge on any atom is 0.182 e. The predicted octanol–water partition coefficient (Wildman–Crippen LogP) is 2.37. The van der Waals surface area contributed by atoms with Gasteiger partial charge in [-0.2, -0.15) is 4.73 Å². The molecular formula is C12H12N2O. The van der Waals surface area contributed by atoms with E-state index >= 15 is 0 Å². The van der Waals surface area contributed by atoms with Crippen LogP contribution in [0.3, 0.4) is 0 Å². The Labute approximate surface area is 88.6 Å². The average molecular weight is 200 g/mol. The van der Waals surface area contributed by atoms with Crippen LogP contribution in [0.5, 0.6) is 0 Å². The molecular weight excluding hydrogens is 188 g/mol. The SMILES string of the molecule is Cc1cccc(Nc2cc[n+]([O-])cc2)c1. The summed E-state index contributed by atoms with van der Waals surface area (Å²) in [6.45, 7) is 2.04. The van der Waals surface area contributed by atoms with Gasteiger partial charge in [-0.3, -0.25) is 0 Å². The van der Waals surface area contributed by atoms with E-state index in [-0.39, 0.29) is 0 Å². The first-order valence-electron chi connectivity index (χ1n) is 4.76. The number of nitrogens with one attached hydrogen (secondary N) is 1. The molecule has 0 aliphatic rings. The Kier molecular flexibility index (Phi) is 2.54. The molecule has 0 unspecified atom stereocenters. The molecule has 0 aliphatic heterocycles. The molecule has 0 aliphatic carbocycles. The standard InChI is InChI=1S/C12H12N2O/c1-10-3-2-4-12(9-10)13-11-5-7-14(15)8-6-11/h2-9,13H,1H3. The van der Waals surface area contributed by atoms with Gasteiger partial charge in [-0.25, -0.2) is 0 Å². The van der Waals surface area contributed by atoms with Crippen molar-refractivity contribution in [3.05, 3.63) is 59.6 Å². The molecule has 0 bridgehead atoms. The summed E-state index contributed by atoms with van der Waals surface area (Å²) >= 11 is 0. The Morgan fingerprint density at radius 3 is 2.47 bits per heavy atom. The van der Waals surface area contributed by atoms with E-state index in [1.165, 1.54) is 18.0 Å². The number of hydrogen-bond acceptors (Lipinski definition) is 2. The van der Waals surface area contributed by atoms with Crippen LogP contribution >= 0.6 is 0 Å². The summed E-state index contributed by atoms with van der Waals surface area (Å²) in [7, 11) is 0. The Balaban J connectivity index is 2.18. The zero-order chi connectivity index (χ0) is 10.7. The molecule has 2 rings (SSSR count). The fourth-order valence-electron chi connectivity index (χ4n) is 1.39. The van der Waals surface area contributed by atoms with Gasteiger partial charge >= 0.3 is 0 Å². The largest absolute Gasteiger partial charge is 0.619 e. The second-order valence-electron chi connectivity index (χ2n) is 3.44. The third-order valence-corrected chi connectivity index (χ3v) is 2.11. The second-order valence-corrected chi connectivity index (χ2v) is 3.44. The molecule has 2 aromatic rings. The molecule has 15 heavy (non-hydrogen) atoms. The van der Waals surface area contributed by atoms with E-state index in [4.69, 9.17) is 0 Å². The van der Waals surface area contributed by atoms with E-state index in [0.717, 1.165) is 16.1 Å². The lowest BCUT2D eigenvalue weighted by Gasteiger charge is -2.06. The highest BCUT2D eigenvalue weighted by atomic mass is 16.5. The minimum absolute atomic E-state index is 0.765. The minimum Gasteiger partial charge on any atom is -0.619 e. The Morgan fingerprint density at radius 1 is 1.07 bits per heavy atom. The number of hydrogen-bond donors (Lipinski definition) is 1. The van der Waals surface area contributed by atoms with Crippen LogP contribution < -0.4 is 10.0 Å². The summed E-state index contributed by atoms with van der Waals surface area (Å²) in [6, 6.07) is 11.6. The quantitative estimate of drug-likeness (QED) is 0.597. The fraction of sp³-hybridized carbons (Fsp3) is 0.0833. The summed E-state index contributed by atoms with van der Waals surface area (Å²) in [5, 5.41) is 14.0. The number of aromatic nitrogens is 1. The lowest BCUT2D eigenvalue weighted by atomic mass is 10.2. The van der Waals surface area contributed by atoms with Gasteiger partial charge in [0.1, 0.15) is 0 Å². The van der Waals surface area contributed by atoms with Gasteiger partial charge in [-0.15, -0.1) is 0 Å². The zero-order valence-corrected chi connectivity index (χ0v) is 8.47. The average Bonchev–Trinajstić information content (AvgIpc) is 2.22. The van der Waals surface area contributed by atoms with Crippen LogP contribution in [-0.4, -0.2) is 0 Å². The second kappa shape index (κ2) is 4.00. The van der Waals surface area contributed by atoms with Crippen molar-refractivity contribution in [1.29, 1.82) is 0 Å². The Morgan fingerprint density at radius 2 is 1.80 bits per heavy atom. The maximum atomic E-state index is 10.8. The molecule has 1 N–H and O–H groups in total. The summed E-state index contributed by atoms with van der Waals surface area (Å²) in [6.07, 6.45) is 2.94. The fourth-order valence-corrected chi connectivity index (χ4v) is 1.39. The summed E-state index contributed by atoms with van der Waals surface area (Å²) in [4.78, 5) is 0. The lowest BCUT2D eigenvalue weighted by molar-refractivity contribution is -0.605. The van der Waals surface area contributed by atoms with Gasteiger partial charge in [0, 0.05) is 17.8 Å². The van der Waals surface area contributed by atoms with Gasteiger partial charge in [0.15, 0.2) is 12.4 Å². The topological polar surface area (TPSA) is 39.0 Å². The van der Waals surface area contributed by atoms with E-state index < -0.39 is 0 Å². The Bertz CT molecular complexity index is 451. The highest BCUT2D eigenvalue weighted by Crippen LogP contribution is 2.15. The van der Waals surface area contributed by atoms with E-state index in [1.807, 2.05) is 25.1 Å². The van der Waals surface area contributed by atoms with E-state index in [2.05, 4.69) is 11.4 Å². The highest BCUT2D eigenvalue weighted by Gasteiger charge is 1.96. The normalized spacial score (nSPS) is 9.93. The lowest BCUT2D eigenvalue weighted by Crippen LogP contribution is -2.23. The molecule has 0 saturated heterocycles. The molecule has 1 aromatic carbocycles. The van der Waals surface area contributed by atoms with Crippen LogP contribution in [-0.2, 0) is 0 Å². The zero-order valence-electron chi connectivity index (χ0n) is 8.47. The number of pyridine rings is 1. The van der Waals surface area contributed by atoms with Gasteiger partial charge in [0.05, 0.1) is 5.69 Å². The smallest absolute Gasteiger partial charge is 0.182 e. The van der Waals surface area contributed by atoms with Gasteiger partial charge in [-0.1, -0.05) is 12.1 Å². The van der Waals surface area contributed by atoms with Crippen LogP contribution in [0.2, 0.25) is 0 Å². The monoisotopic (exact) mass is 200 g/mol. The number of anilines is 2. The number of rotatable bonds is 2. The molecule has 1 aromatic heterocycles. The molecule has 0 radical (unpaired) electrons. The van der Waals surface area contributed by atoms with Crippen LogP contribution in [0.4, 0.5) is 11.4 Å². The van der Waals surface area contributed by atoms with Crippen molar-refractivity contribution in [2.75, 3.05) is 5.32 Å². The van der Waals surface area contributed by atoms with Crippen LogP contribution in [0.1, 0.15) is 5.56 Å². The van der Waals surface area contributed by atoms with E-state index in [9.17, 15) is 5.21 Å². The summed E-state index contributed by atoms with van der Waals surface area (Å²) in [5.41, 5.74) is 3.14. The molecule has 0 atom stereocenters. The molecule has 0 saturated carbocycles. The number of nitrogens with zero attached hydrogens (tertiary/aromatic N) is 1. The van der Waals surface area contributed by atoms with E-state index in [0.29, 0.717) is 0 Å². The first kappa shape index (κ1) is 9.52. The first-order chi connectivity index (χ1) is 7.24. The van der Waals surface area contributed by atoms with Crippen molar-refractivity contribution in [3.63, 3.8) is 0 Å². The summed E-state index contributed by atoms with van der Waals surface area (Å²) in [5.74, 6) is 0. The van der Waals surface area contributed by atoms with Crippen molar-refractivity contribution < 1.29 is 4.73 Å². The number of aryl methyl sites for hydroxylation is 1. The predicted molar refractivity (Wildman–Crippen MR) is 59.9 cm³/mol. The third kappa shape index (κ3) is 2.47. The Hall–Kier alpha value is -2.03. The van der Waals surface area contributed by atoms with Gasteiger partial charge < -0.3 is 10.5 Å². The van der Waals surface area contributed by atoms with Gasteiger partial charge in [0.2, 0.25) is 0 Å². The summed E-state index contributed by atoms with van der Waals surface area (Å²) < 4.78 is 0.765. The molecule has 3 nitrogen and oxygen atoms in total. The van der Waals surface area contributed by atoms with Crippen molar-refractivity contribution in [2.45, 2.75) is 6.92 Å². The molecule has 0 spiro atoms. The maximum absolute atomic E-state index is 10.8. The van der Waals surface area contributed by atoms with Crippen molar-refractivity contribution in [3.8, 4) is 0 Å². The molecule has 0 fully saturated rings. The van der Waals surface area contributed by atoms with Crippen molar-refractivity contribution in [1.82, 2.24) is 0 Å². The van der Waals surface area contributed by atoms with Crippen molar-refractivity contribution >= 4 is 11.4 Å². The highest BCUT2D eigenvalue weighted by molar-refractivity contribution is 5.59. The third-order valence-electron chi connectivity index (χ3n) is 2.11.